The molecule has 2 aliphatic heterocycles. The number of nitrogens with one attached hydrogen (secondary N) is 3. The minimum atomic E-state index is -0.425. The Hall–Kier alpha value is -4.55. The molecule has 12 nitrogen and oxygen atoms in total. The van der Waals surface area contributed by atoms with Crippen LogP contribution in [0, 0.1) is 12.7 Å². The van der Waals surface area contributed by atoms with Crippen molar-refractivity contribution in [3.05, 3.63) is 66.1 Å². The quantitative estimate of drug-likeness (QED) is 0.355. The molecule has 4 aromatic heterocycles. The zero-order valence-electron chi connectivity index (χ0n) is 21.0. The van der Waals surface area contributed by atoms with E-state index >= 15 is 0 Å². The van der Waals surface area contributed by atoms with Crippen LogP contribution in [0.5, 0.6) is 0 Å². The van der Waals surface area contributed by atoms with Gasteiger partial charge in [-0.2, -0.15) is 15.2 Å². The van der Waals surface area contributed by atoms with E-state index in [-0.39, 0.29) is 24.2 Å². The number of pyridine rings is 1. The molecule has 6 rings (SSSR count). The van der Waals surface area contributed by atoms with Gasteiger partial charge in [-0.1, -0.05) is 6.07 Å². The number of rotatable bonds is 6. The Kier molecular flexibility index (Phi) is 6.10. The number of aryl methyl sites for hydroxylation is 1. The van der Waals surface area contributed by atoms with Crippen LogP contribution in [-0.2, 0) is 0 Å². The summed E-state index contributed by atoms with van der Waals surface area (Å²) in [6, 6.07) is 7.15. The predicted molar refractivity (Wildman–Crippen MR) is 138 cm³/mol. The van der Waals surface area contributed by atoms with Crippen LogP contribution in [0.15, 0.2) is 49.1 Å². The van der Waals surface area contributed by atoms with Crippen molar-refractivity contribution in [3.63, 3.8) is 0 Å². The van der Waals surface area contributed by atoms with Crippen molar-refractivity contribution in [1.82, 2.24) is 45.1 Å². The fourth-order valence-corrected chi connectivity index (χ4v) is 5.14. The number of aromatic nitrogens is 7. The van der Waals surface area contributed by atoms with Gasteiger partial charge in [-0.3, -0.25) is 5.10 Å². The highest BCUT2D eigenvalue weighted by Gasteiger charge is 2.43. The lowest BCUT2D eigenvalue weighted by Crippen LogP contribution is -2.58. The predicted octanol–water partition coefficient (Wildman–Crippen LogP) is 3.10. The fraction of sp³-hybridized carbons (Fsp3) is 0.360. The van der Waals surface area contributed by atoms with Crippen LogP contribution in [-0.4, -0.2) is 71.0 Å². The molecule has 0 aromatic carbocycles. The summed E-state index contributed by atoms with van der Waals surface area (Å²) in [4.78, 5) is 31.0. The van der Waals surface area contributed by atoms with Crippen LogP contribution in [0.2, 0.25) is 0 Å². The van der Waals surface area contributed by atoms with E-state index in [4.69, 9.17) is 0 Å². The molecule has 2 saturated heterocycles. The second kappa shape index (κ2) is 9.72. The Morgan fingerprint density at radius 2 is 1.95 bits per heavy atom. The summed E-state index contributed by atoms with van der Waals surface area (Å²) in [6.07, 6.45) is 7.67. The summed E-state index contributed by atoms with van der Waals surface area (Å²) >= 11 is 0. The lowest BCUT2D eigenvalue weighted by Gasteiger charge is -2.41. The van der Waals surface area contributed by atoms with Gasteiger partial charge in [0.05, 0.1) is 30.5 Å². The molecule has 2 fully saturated rings. The molecule has 0 saturated carbocycles. The molecule has 2 amide bonds. The van der Waals surface area contributed by atoms with Crippen molar-refractivity contribution < 1.29 is 9.18 Å². The first-order valence-corrected chi connectivity index (χ1v) is 12.6. The van der Waals surface area contributed by atoms with Gasteiger partial charge in [-0.15, -0.1) is 0 Å². The van der Waals surface area contributed by atoms with Gasteiger partial charge in [0.25, 0.3) is 0 Å². The molecule has 0 unspecified atom stereocenters. The van der Waals surface area contributed by atoms with Gasteiger partial charge < -0.3 is 20.4 Å². The summed E-state index contributed by atoms with van der Waals surface area (Å²) in [6.45, 7) is 5.20. The molecular formula is C25H28FN11O. The highest BCUT2D eigenvalue weighted by atomic mass is 19.1. The van der Waals surface area contributed by atoms with Crippen molar-refractivity contribution >= 4 is 23.6 Å². The largest absolute Gasteiger partial charge is 0.337 e. The highest BCUT2D eigenvalue weighted by molar-refractivity contribution is 5.76. The SMILES string of the molecule is Cc1cc(Nc2ccnc(N3C[C@H]4CC[C@@H](C3)N4C(=O)N[C@@H](C)c3ccc(-n4cc(F)cn4)nc3)n2)n[nH]1. The van der Waals surface area contributed by atoms with Gasteiger partial charge in [0.2, 0.25) is 5.95 Å². The number of aromatic amines is 1. The third-order valence-corrected chi connectivity index (χ3v) is 7.00. The number of amides is 2. The van der Waals surface area contributed by atoms with Crippen molar-refractivity contribution in [2.24, 2.45) is 0 Å². The summed E-state index contributed by atoms with van der Waals surface area (Å²) in [7, 11) is 0. The molecule has 3 atom stereocenters. The van der Waals surface area contributed by atoms with Gasteiger partial charge in [-0.05, 0) is 44.4 Å². The van der Waals surface area contributed by atoms with E-state index in [2.05, 4.69) is 45.8 Å². The standard InChI is InChI=1S/C25H28FN11O/c1-15-9-22(34-33-15)31-21-7-8-27-24(32-21)35-13-19-4-5-20(14-35)37(19)25(38)30-16(2)17-3-6-23(28-10-17)36-12-18(26)11-29-36/h3,6-12,16,19-20H,4-5,13-14H2,1-2H3,(H,30,38)(H2,27,31,32,33,34)/t16-,19-,20+/m0/s1. The van der Waals surface area contributed by atoms with Crippen LogP contribution < -0.4 is 15.5 Å². The lowest BCUT2D eigenvalue weighted by atomic mass is 10.1. The zero-order chi connectivity index (χ0) is 26.2. The Morgan fingerprint density at radius 1 is 1.13 bits per heavy atom. The van der Waals surface area contributed by atoms with E-state index in [1.165, 1.54) is 10.9 Å². The topological polar surface area (TPSA) is 133 Å². The number of piperazine rings is 1. The molecule has 38 heavy (non-hydrogen) atoms. The van der Waals surface area contributed by atoms with Crippen molar-refractivity contribution in [1.29, 1.82) is 0 Å². The number of H-pyrrole nitrogens is 1. The van der Waals surface area contributed by atoms with E-state index in [0.717, 1.165) is 30.3 Å². The van der Waals surface area contributed by atoms with Gasteiger partial charge in [0, 0.05) is 37.2 Å². The van der Waals surface area contributed by atoms with Crippen molar-refractivity contribution in [2.45, 2.75) is 44.8 Å². The Morgan fingerprint density at radius 3 is 2.61 bits per heavy atom. The maximum absolute atomic E-state index is 13.3. The third kappa shape index (κ3) is 4.74. The zero-order valence-corrected chi connectivity index (χ0v) is 21.0. The van der Waals surface area contributed by atoms with Gasteiger partial charge >= 0.3 is 6.03 Å². The molecule has 13 heteroatoms. The van der Waals surface area contributed by atoms with Crippen LogP contribution in [0.3, 0.4) is 0 Å². The number of fused-ring (bicyclic) bond motifs is 2. The van der Waals surface area contributed by atoms with Crippen molar-refractivity contribution in [3.8, 4) is 5.82 Å². The summed E-state index contributed by atoms with van der Waals surface area (Å²) < 4.78 is 14.6. The Labute approximate surface area is 218 Å². The van der Waals surface area contributed by atoms with Crippen LogP contribution in [0.4, 0.5) is 26.8 Å². The molecule has 6 heterocycles. The molecular weight excluding hydrogens is 489 g/mol. The van der Waals surface area contributed by atoms with E-state index in [0.29, 0.717) is 36.5 Å². The normalized spacial score (nSPS) is 19.4. The fourth-order valence-electron chi connectivity index (χ4n) is 5.14. The monoisotopic (exact) mass is 517 g/mol. The Bertz CT molecular complexity index is 1420. The van der Waals surface area contributed by atoms with Crippen LogP contribution in [0.25, 0.3) is 5.82 Å². The number of urea groups is 1. The molecule has 4 aromatic rings. The van der Waals surface area contributed by atoms with E-state index < -0.39 is 5.82 Å². The minimum absolute atomic E-state index is 0.0744. The smallest absolute Gasteiger partial charge is 0.318 e. The number of anilines is 3. The number of carbonyl (C=O) groups is 1. The molecule has 2 bridgehead atoms. The molecule has 2 aliphatic rings. The minimum Gasteiger partial charge on any atom is -0.337 e. The third-order valence-electron chi connectivity index (χ3n) is 7.00. The molecule has 3 N–H and O–H groups in total. The van der Waals surface area contributed by atoms with Gasteiger partial charge in [-0.25, -0.2) is 23.8 Å². The average molecular weight is 518 g/mol. The lowest BCUT2D eigenvalue weighted by molar-refractivity contribution is 0.159. The summed E-state index contributed by atoms with van der Waals surface area (Å²) in [5.41, 5.74) is 1.81. The summed E-state index contributed by atoms with van der Waals surface area (Å²) in [5, 5.41) is 17.4. The number of halogens is 1. The maximum Gasteiger partial charge on any atom is 0.318 e. The number of carbonyl (C=O) groups excluding carboxylic acids is 1. The first-order chi connectivity index (χ1) is 18.4. The molecule has 196 valence electrons. The number of hydrogen-bond donors (Lipinski definition) is 3. The summed E-state index contributed by atoms with van der Waals surface area (Å²) in [5.74, 6) is 2.08. The van der Waals surface area contributed by atoms with Crippen LogP contribution in [0.1, 0.15) is 37.1 Å². The molecule has 0 aliphatic carbocycles. The van der Waals surface area contributed by atoms with Crippen LogP contribution >= 0.6 is 0 Å². The number of hydrogen-bond acceptors (Lipinski definition) is 8. The Balaban J connectivity index is 1.09. The second-order valence-corrected chi connectivity index (χ2v) is 9.72. The van der Waals surface area contributed by atoms with Crippen molar-refractivity contribution in [2.75, 3.05) is 23.3 Å². The highest BCUT2D eigenvalue weighted by Crippen LogP contribution is 2.32. The first-order valence-electron chi connectivity index (χ1n) is 12.6. The van der Waals surface area contributed by atoms with Gasteiger partial charge in [0.15, 0.2) is 17.5 Å². The van der Waals surface area contributed by atoms with Gasteiger partial charge in [0.1, 0.15) is 5.82 Å². The van der Waals surface area contributed by atoms with E-state index in [9.17, 15) is 9.18 Å². The average Bonchev–Trinajstić information content (AvgIpc) is 3.61. The van der Waals surface area contributed by atoms with E-state index in [1.54, 1.807) is 18.5 Å². The second-order valence-electron chi connectivity index (χ2n) is 9.72. The maximum atomic E-state index is 13.3. The molecule has 0 spiro atoms. The molecule has 0 radical (unpaired) electrons. The van der Waals surface area contributed by atoms with E-state index in [1.807, 2.05) is 36.9 Å². The number of nitrogens with zero attached hydrogens (tertiary/aromatic N) is 8. The first kappa shape index (κ1) is 23.8.